The van der Waals surface area contributed by atoms with Crippen LogP contribution >= 0.6 is 0 Å². The van der Waals surface area contributed by atoms with Crippen molar-refractivity contribution in [2.75, 3.05) is 9.80 Å². The van der Waals surface area contributed by atoms with E-state index in [1.54, 1.807) is 0 Å². The standard InChI is InChI=1S/C60H48N6/c1-59(2,66(41-27-31-57-49(35-41)45-15-7-11-19-53(45)63-57)42-28-32-58-50(36-42)46-16-8-12-20-54(46)64-58)37-21-24-39(25-22-37)65(40-26-30-56-48(34-40)44-14-6-10-18-52(44)62-56)60(3,4)38-23-29-55-47(33-38)43-13-5-9-17-51(43)61-55/h5-36,61-64H,1-4H3. The van der Waals surface area contributed by atoms with Crippen molar-refractivity contribution in [2.24, 2.45) is 0 Å². The van der Waals surface area contributed by atoms with Crippen LogP contribution in [0.1, 0.15) is 38.8 Å². The van der Waals surface area contributed by atoms with Crippen molar-refractivity contribution in [3.05, 3.63) is 205 Å². The van der Waals surface area contributed by atoms with Gasteiger partial charge in [0.2, 0.25) is 0 Å². The lowest BCUT2D eigenvalue weighted by atomic mass is 9.88. The predicted molar refractivity (Wildman–Crippen MR) is 280 cm³/mol. The second-order valence-corrected chi connectivity index (χ2v) is 19.0. The number of aromatic amines is 4. The van der Waals surface area contributed by atoms with Crippen LogP contribution in [-0.2, 0) is 11.1 Å². The molecule has 66 heavy (non-hydrogen) atoms. The SMILES string of the molecule is CC(C)(c1ccc(N(c2ccc3[nH]c4ccccc4c3c2)C(C)(C)c2ccc3[nH]c4ccccc4c3c2)cc1)N(c1ccc2[nH]c3ccccc3c2c1)c1ccc2[nH]c3ccccc3c2c1. The quantitative estimate of drug-likeness (QED) is 0.123. The van der Waals surface area contributed by atoms with Gasteiger partial charge in [-0.3, -0.25) is 0 Å². The van der Waals surface area contributed by atoms with Gasteiger partial charge in [0.15, 0.2) is 0 Å². The zero-order valence-corrected chi connectivity index (χ0v) is 37.4. The van der Waals surface area contributed by atoms with Crippen molar-refractivity contribution in [3.8, 4) is 0 Å². The van der Waals surface area contributed by atoms with Crippen molar-refractivity contribution < 1.29 is 0 Å². The summed E-state index contributed by atoms with van der Waals surface area (Å²) in [6.45, 7) is 9.40. The predicted octanol–water partition coefficient (Wildman–Crippen LogP) is 16.4. The number of aromatic nitrogens is 4. The van der Waals surface area contributed by atoms with Gasteiger partial charge in [0.1, 0.15) is 0 Å². The van der Waals surface area contributed by atoms with Crippen LogP contribution in [0.4, 0.5) is 22.7 Å². The molecule has 4 N–H and O–H groups in total. The van der Waals surface area contributed by atoms with Gasteiger partial charge < -0.3 is 29.7 Å². The summed E-state index contributed by atoms with van der Waals surface area (Å²) in [5, 5.41) is 9.77. The number of para-hydroxylation sites is 4. The molecule has 0 aliphatic rings. The highest BCUT2D eigenvalue weighted by atomic mass is 15.2. The molecule has 0 unspecified atom stereocenters. The summed E-state index contributed by atoms with van der Waals surface area (Å²) in [7, 11) is 0. The molecule has 13 rings (SSSR count). The highest BCUT2D eigenvalue weighted by Crippen LogP contribution is 2.46. The topological polar surface area (TPSA) is 69.6 Å². The van der Waals surface area contributed by atoms with Crippen LogP contribution in [0.2, 0.25) is 0 Å². The first-order valence-corrected chi connectivity index (χ1v) is 22.9. The third-order valence-corrected chi connectivity index (χ3v) is 14.4. The van der Waals surface area contributed by atoms with Crippen LogP contribution in [-0.4, -0.2) is 19.9 Å². The van der Waals surface area contributed by atoms with Crippen LogP contribution in [0, 0.1) is 0 Å². The maximum absolute atomic E-state index is 3.65. The molecule has 13 aromatic rings. The molecule has 4 heterocycles. The summed E-state index contributed by atoms with van der Waals surface area (Å²) in [5.41, 5.74) is 15.1. The Kier molecular flexibility index (Phi) is 8.20. The van der Waals surface area contributed by atoms with E-state index in [-0.39, 0.29) is 0 Å². The summed E-state index contributed by atoms with van der Waals surface area (Å²) in [6.07, 6.45) is 0. The first-order valence-electron chi connectivity index (χ1n) is 22.9. The molecule has 0 radical (unpaired) electrons. The zero-order chi connectivity index (χ0) is 44.3. The molecule has 0 atom stereocenters. The number of H-pyrrole nitrogens is 4. The largest absolute Gasteiger partial charge is 0.355 e. The number of nitrogens with zero attached hydrogens (tertiary/aromatic N) is 2. The van der Waals surface area contributed by atoms with E-state index in [1.165, 1.54) is 54.2 Å². The van der Waals surface area contributed by atoms with Gasteiger partial charge in [-0.2, -0.15) is 0 Å². The second-order valence-electron chi connectivity index (χ2n) is 19.0. The van der Waals surface area contributed by atoms with Gasteiger partial charge in [-0.05, 0) is 142 Å². The van der Waals surface area contributed by atoms with E-state index in [1.807, 2.05) is 0 Å². The number of anilines is 4. The fraction of sp³-hybridized carbons (Fsp3) is 0.100. The summed E-state index contributed by atoms with van der Waals surface area (Å²) in [5.74, 6) is 0. The van der Waals surface area contributed by atoms with Crippen LogP contribution < -0.4 is 9.80 Å². The van der Waals surface area contributed by atoms with Crippen LogP contribution in [0.25, 0.3) is 87.2 Å². The lowest BCUT2D eigenvalue weighted by Gasteiger charge is -2.43. The maximum Gasteiger partial charge on any atom is 0.0646 e. The Labute approximate surface area is 382 Å². The molecule has 6 heteroatoms. The average molecular weight is 853 g/mol. The molecule has 0 saturated heterocycles. The van der Waals surface area contributed by atoms with Gasteiger partial charge in [0, 0.05) is 110 Å². The van der Waals surface area contributed by atoms with E-state index in [4.69, 9.17) is 0 Å². The van der Waals surface area contributed by atoms with Gasteiger partial charge in [-0.1, -0.05) is 91.0 Å². The molecule has 0 aliphatic heterocycles. The molecular formula is C60H48N6. The van der Waals surface area contributed by atoms with Crippen molar-refractivity contribution >= 4 is 110 Å². The number of nitrogens with one attached hydrogen (secondary N) is 4. The fourth-order valence-corrected chi connectivity index (χ4v) is 11.0. The molecule has 0 aliphatic carbocycles. The summed E-state index contributed by atoms with van der Waals surface area (Å²) in [4.78, 5) is 19.6. The number of rotatable bonds is 8. The molecule has 6 nitrogen and oxygen atoms in total. The average Bonchev–Trinajstić information content (AvgIpc) is 4.11. The smallest absolute Gasteiger partial charge is 0.0646 e. The molecule has 0 spiro atoms. The van der Waals surface area contributed by atoms with Gasteiger partial charge in [0.05, 0.1) is 11.1 Å². The van der Waals surface area contributed by atoms with Gasteiger partial charge in [-0.15, -0.1) is 0 Å². The lowest BCUT2D eigenvalue weighted by molar-refractivity contribution is 0.531. The number of benzene rings is 9. The summed E-state index contributed by atoms with van der Waals surface area (Å²) in [6, 6.07) is 71.2. The zero-order valence-electron chi connectivity index (χ0n) is 37.4. The molecule has 0 saturated carbocycles. The van der Waals surface area contributed by atoms with Crippen molar-refractivity contribution in [1.29, 1.82) is 0 Å². The Morgan fingerprint density at radius 1 is 0.258 bits per heavy atom. The van der Waals surface area contributed by atoms with E-state index >= 15 is 0 Å². The summed E-state index contributed by atoms with van der Waals surface area (Å²) >= 11 is 0. The Morgan fingerprint density at radius 3 is 0.924 bits per heavy atom. The Morgan fingerprint density at radius 2 is 0.530 bits per heavy atom. The molecular weight excluding hydrogens is 805 g/mol. The minimum absolute atomic E-state index is 0.459. The highest BCUT2D eigenvalue weighted by molar-refractivity contribution is 6.11. The molecule has 318 valence electrons. The van der Waals surface area contributed by atoms with E-state index in [2.05, 4.69) is 252 Å². The van der Waals surface area contributed by atoms with Gasteiger partial charge in [0.25, 0.3) is 0 Å². The molecule has 9 aromatic carbocycles. The lowest BCUT2D eigenvalue weighted by Crippen LogP contribution is -2.39. The van der Waals surface area contributed by atoms with Crippen molar-refractivity contribution in [3.63, 3.8) is 0 Å². The third kappa shape index (κ3) is 5.81. The monoisotopic (exact) mass is 852 g/mol. The molecule has 0 fully saturated rings. The normalized spacial score (nSPS) is 12.5. The molecule has 4 aromatic heterocycles. The fourth-order valence-electron chi connectivity index (χ4n) is 11.0. The minimum Gasteiger partial charge on any atom is -0.355 e. The van der Waals surface area contributed by atoms with Crippen LogP contribution in [0.5, 0.6) is 0 Å². The Hall–Kier alpha value is -8.22. The number of fused-ring (bicyclic) bond motifs is 12. The van der Waals surface area contributed by atoms with Gasteiger partial charge in [-0.25, -0.2) is 0 Å². The number of hydrogen-bond acceptors (Lipinski definition) is 2. The van der Waals surface area contributed by atoms with E-state index < -0.39 is 11.1 Å². The third-order valence-electron chi connectivity index (χ3n) is 14.4. The first kappa shape index (κ1) is 38.3. The van der Waals surface area contributed by atoms with E-state index in [0.717, 1.165) is 66.9 Å². The maximum atomic E-state index is 3.65. The van der Waals surface area contributed by atoms with Crippen molar-refractivity contribution in [1.82, 2.24) is 19.9 Å². The number of hydrogen-bond donors (Lipinski definition) is 4. The van der Waals surface area contributed by atoms with Crippen molar-refractivity contribution in [2.45, 2.75) is 38.8 Å². The Bertz CT molecular complexity index is 3910. The van der Waals surface area contributed by atoms with Crippen LogP contribution in [0.3, 0.4) is 0 Å². The van der Waals surface area contributed by atoms with E-state index in [9.17, 15) is 0 Å². The second kappa shape index (κ2) is 14.1. The Balaban J connectivity index is 0.968. The first-order chi connectivity index (χ1) is 32.2. The van der Waals surface area contributed by atoms with Gasteiger partial charge >= 0.3 is 0 Å². The van der Waals surface area contributed by atoms with Crippen LogP contribution in [0.15, 0.2) is 194 Å². The minimum atomic E-state index is -0.484. The summed E-state index contributed by atoms with van der Waals surface area (Å²) < 4.78 is 0. The molecule has 0 amide bonds. The molecule has 0 bridgehead atoms. The van der Waals surface area contributed by atoms with E-state index in [0.29, 0.717) is 0 Å². The highest BCUT2D eigenvalue weighted by Gasteiger charge is 2.34.